The highest BCUT2D eigenvalue weighted by atomic mass is 19.4. The second-order valence-corrected chi connectivity index (χ2v) is 10.7. The van der Waals surface area contributed by atoms with Gasteiger partial charge in [-0.3, -0.25) is 14.6 Å². The maximum Gasteiger partial charge on any atom is 0.416 e. The fourth-order valence-electron chi connectivity index (χ4n) is 5.18. The molecule has 9 nitrogen and oxygen atoms in total. The third kappa shape index (κ3) is 7.83. The lowest BCUT2D eigenvalue weighted by Crippen LogP contribution is -2.36. The number of fused-ring (bicyclic) bond motifs is 1. The van der Waals surface area contributed by atoms with Gasteiger partial charge in [0.05, 0.1) is 19.3 Å². The fourth-order valence-corrected chi connectivity index (χ4v) is 5.18. The van der Waals surface area contributed by atoms with Crippen molar-refractivity contribution in [3.05, 3.63) is 83.8 Å². The summed E-state index contributed by atoms with van der Waals surface area (Å²) in [5, 5.41) is 8.44. The molecule has 0 spiro atoms. The van der Waals surface area contributed by atoms with Crippen molar-refractivity contribution in [3.63, 3.8) is 0 Å². The minimum absolute atomic E-state index is 0.0184. The monoisotopic (exact) mass is 640 g/mol. The molecule has 4 aromatic rings. The van der Waals surface area contributed by atoms with E-state index >= 15 is 4.39 Å². The topological polar surface area (TPSA) is 111 Å². The van der Waals surface area contributed by atoms with Gasteiger partial charge < -0.3 is 30.2 Å². The van der Waals surface area contributed by atoms with Gasteiger partial charge in [-0.2, -0.15) is 13.2 Å². The van der Waals surface area contributed by atoms with E-state index in [1.165, 1.54) is 43.6 Å². The van der Waals surface area contributed by atoms with Crippen molar-refractivity contribution in [1.82, 2.24) is 15.6 Å². The van der Waals surface area contributed by atoms with Crippen molar-refractivity contribution in [2.75, 3.05) is 38.7 Å². The van der Waals surface area contributed by atoms with Gasteiger partial charge in [-0.15, -0.1) is 0 Å². The van der Waals surface area contributed by atoms with Gasteiger partial charge in [0.25, 0.3) is 0 Å². The van der Waals surface area contributed by atoms with Crippen molar-refractivity contribution in [2.24, 2.45) is 5.92 Å². The molecule has 1 saturated heterocycles. The number of alkyl halides is 3. The highest BCUT2D eigenvalue weighted by molar-refractivity contribution is 6.39. The number of nitrogens with zero attached hydrogens (tertiary/aromatic N) is 1. The van der Waals surface area contributed by atoms with Crippen LogP contribution in [0, 0.1) is 11.7 Å². The molecule has 3 N–H and O–H groups in total. The number of hydrogen-bond donors (Lipinski definition) is 3. The molecule has 242 valence electrons. The first-order valence-electron chi connectivity index (χ1n) is 14.6. The fraction of sp³-hybridized carbons (Fsp3) is 0.303. The first kappa shape index (κ1) is 32.5. The molecule has 0 saturated carbocycles. The Morgan fingerprint density at radius 3 is 2.48 bits per heavy atom. The largest absolute Gasteiger partial charge is 0.491 e. The zero-order chi connectivity index (χ0) is 32.7. The van der Waals surface area contributed by atoms with Crippen LogP contribution in [0.3, 0.4) is 0 Å². The Hall–Kier alpha value is -4.91. The van der Waals surface area contributed by atoms with Crippen LogP contribution in [0.25, 0.3) is 10.9 Å². The van der Waals surface area contributed by atoms with Crippen LogP contribution in [0.5, 0.6) is 23.0 Å². The highest BCUT2D eigenvalue weighted by Crippen LogP contribution is 2.40. The first-order chi connectivity index (χ1) is 22.1. The quantitative estimate of drug-likeness (QED) is 0.147. The molecule has 13 heteroatoms. The zero-order valence-corrected chi connectivity index (χ0v) is 24.9. The van der Waals surface area contributed by atoms with Crippen molar-refractivity contribution in [2.45, 2.75) is 25.4 Å². The lowest BCUT2D eigenvalue weighted by molar-refractivity contribution is -0.138. The Kier molecular flexibility index (Phi) is 10.2. The van der Waals surface area contributed by atoms with Gasteiger partial charge in [0.1, 0.15) is 11.3 Å². The standard InChI is InChI=1S/C33H32F4N4O5/c1-44-30-28(45-19-20-10-14-38-15-11-20)9-7-23-26(13-17-39-29(23)30)46-27-8-6-22(18-25(27)34)41-32(43)31(42)40-16-12-21-4-2-3-5-24(21)33(35,36)37/h2-9,13,17-18,20,38H,10-12,14-16,19H2,1H3,(H,40,42)(H,41,43). The van der Waals surface area contributed by atoms with E-state index in [4.69, 9.17) is 14.2 Å². The van der Waals surface area contributed by atoms with E-state index in [0.717, 1.165) is 38.1 Å². The number of rotatable bonds is 10. The summed E-state index contributed by atoms with van der Waals surface area (Å²) in [7, 11) is 1.52. The summed E-state index contributed by atoms with van der Waals surface area (Å²) in [5.74, 6) is -1.45. The van der Waals surface area contributed by atoms with Gasteiger partial charge in [-0.1, -0.05) is 18.2 Å². The molecule has 1 aliphatic heterocycles. The molecule has 5 rings (SSSR count). The van der Waals surface area contributed by atoms with Crippen LogP contribution in [0.2, 0.25) is 0 Å². The Balaban J connectivity index is 1.21. The van der Waals surface area contributed by atoms with Crippen LogP contribution in [0.15, 0.2) is 66.9 Å². The van der Waals surface area contributed by atoms with Gasteiger partial charge in [0, 0.05) is 29.9 Å². The molecule has 2 amide bonds. The number of carbonyl (C=O) groups is 2. The van der Waals surface area contributed by atoms with Crippen LogP contribution < -0.4 is 30.2 Å². The molecular weight excluding hydrogens is 608 g/mol. The molecule has 1 aromatic heterocycles. The van der Waals surface area contributed by atoms with Crippen LogP contribution in [-0.4, -0.2) is 50.1 Å². The number of anilines is 1. The van der Waals surface area contributed by atoms with Gasteiger partial charge >= 0.3 is 18.0 Å². The molecule has 2 heterocycles. The van der Waals surface area contributed by atoms with Crippen molar-refractivity contribution in [1.29, 1.82) is 0 Å². The smallest absolute Gasteiger partial charge is 0.416 e. The molecule has 0 atom stereocenters. The van der Waals surface area contributed by atoms with Crippen LogP contribution in [-0.2, 0) is 22.2 Å². The lowest BCUT2D eigenvalue weighted by atomic mass is 9.99. The molecule has 1 fully saturated rings. The van der Waals surface area contributed by atoms with Gasteiger partial charge in [-0.25, -0.2) is 4.39 Å². The Morgan fingerprint density at radius 2 is 1.74 bits per heavy atom. The summed E-state index contributed by atoms with van der Waals surface area (Å²) in [5.41, 5.74) is -0.383. The molecule has 0 radical (unpaired) electrons. The number of aromatic nitrogens is 1. The number of piperidine rings is 1. The number of benzene rings is 3. The number of amides is 2. The zero-order valence-electron chi connectivity index (χ0n) is 24.9. The number of carbonyl (C=O) groups excluding carboxylic acids is 2. The molecular formula is C33H32F4N4O5. The molecule has 3 aromatic carbocycles. The minimum Gasteiger partial charge on any atom is -0.491 e. The number of hydrogen-bond acceptors (Lipinski definition) is 7. The van der Waals surface area contributed by atoms with E-state index in [-0.39, 0.29) is 30.0 Å². The van der Waals surface area contributed by atoms with Gasteiger partial charge in [0.15, 0.2) is 23.1 Å². The SMILES string of the molecule is COc1c(OCC2CCNCC2)ccc2c(Oc3ccc(NC(=O)C(=O)NCCc4ccccc4C(F)(F)F)cc3F)ccnc12. The third-order valence-electron chi connectivity index (χ3n) is 7.55. The molecule has 0 aliphatic carbocycles. The predicted octanol–water partition coefficient (Wildman–Crippen LogP) is 5.87. The maximum atomic E-state index is 15.1. The maximum absolute atomic E-state index is 15.1. The summed E-state index contributed by atoms with van der Waals surface area (Å²) >= 11 is 0. The average Bonchev–Trinajstić information content (AvgIpc) is 3.05. The normalized spacial score (nSPS) is 13.7. The number of pyridine rings is 1. The number of methoxy groups -OCH3 is 1. The summed E-state index contributed by atoms with van der Waals surface area (Å²) in [6.45, 7) is 2.25. The summed E-state index contributed by atoms with van der Waals surface area (Å²) in [4.78, 5) is 29.0. The number of halogens is 4. The molecule has 0 unspecified atom stereocenters. The van der Waals surface area contributed by atoms with E-state index in [1.54, 1.807) is 18.2 Å². The summed E-state index contributed by atoms with van der Waals surface area (Å²) in [6.07, 6.45) is -1.13. The van der Waals surface area contributed by atoms with E-state index in [0.29, 0.717) is 40.7 Å². The van der Waals surface area contributed by atoms with E-state index < -0.39 is 29.4 Å². The molecule has 46 heavy (non-hydrogen) atoms. The predicted molar refractivity (Wildman–Crippen MR) is 163 cm³/mol. The minimum atomic E-state index is -4.54. The van der Waals surface area contributed by atoms with Crippen LogP contribution in [0.1, 0.15) is 24.0 Å². The Bertz CT molecular complexity index is 1710. The second-order valence-electron chi connectivity index (χ2n) is 10.7. The Labute approximate surface area is 262 Å². The molecule has 0 bridgehead atoms. The van der Waals surface area contributed by atoms with Crippen LogP contribution >= 0.6 is 0 Å². The van der Waals surface area contributed by atoms with Crippen molar-refractivity contribution >= 4 is 28.4 Å². The molecule has 1 aliphatic rings. The van der Waals surface area contributed by atoms with Gasteiger partial charge in [0.2, 0.25) is 0 Å². The average molecular weight is 641 g/mol. The first-order valence-corrected chi connectivity index (χ1v) is 14.6. The summed E-state index contributed by atoms with van der Waals surface area (Å²) < 4.78 is 72.2. The second kappa shape index (κ2) is 14.5. The van der Waals surface area contributed by atoms with Crippen molar-refractivity contribution in [3.8, 4) is 23.0 Å². The Morgan fingerprint density at radius 1 is 0.978 bits per heavy atom. The van der Waals surface area contributed by atoms with Gasteiger partial charge in [-0.05, 0) is 80.2 Å². The third-order valence-corrected chi connectivity index (χ3v) is 7.55. The number of nitrogens with one attached hydrogen (secondary N) is 3. The number of ether oxygens (including phenoxy) is 3. The van der Waals surface area contributed by atoms with Crippen LogP contribution in [0.4, 0.5) is 23.2 Å². The van der Waals surface area contributed by atoms with Crippen molar-refractivity contribution < 1.29 is 41.4 Å². The lowest BCUT2D eigenvalue weighted by Gasteiger charge is -2.23. The van der Waals surface area contributed by atoms with E-state index in [1.807, 2.05) is 0 Å². The summed E-state index contributed by atoms with van der Waals surface area (Å²) in [6, 6.07) is 13.7. The highest BCUT2D eigenvalue weighted by Gasteiger charge is 2.32. The van der Waals surface area contributed by atoms with E-state index in [9.17, 15) is 22.8 Å². The van der Waals surface area contributed by atoms with E-state index in [2.05, 4.69) is 20.9 Å².